The average Bonchev–Trinajstić information content (AvgIpc) is 3.45. The third kappa shape index (κ3) is 5.67. The molecule has 0 fully saturated rings. The van der Waals surface area contributed by atoms with Gasteiger partial charge in [0.1, 0.15) is 0 Å². The summed E-state index contributed by atoms with van der Waals surface area (Å²) in [5.41, 5.74) is 2.54. The van der Waals surface area contributed by atoms with E-state index in [9.17, 15) is 14.4 Å². The van der Waals surface area contributed by atoms with E-state index in [-0.39, 0.29) is 16.7 Å². The van der Waals surface area contributed by atoms with Crippen molar-refractivity contribution in [1.82, 2.24) is 0 Å². The van der Waals surface area contributed by atoms with Gasteiger partial charge in [0.2, 0.25) is 0 Å². The molecule has 0 radical (unpaired) electrons. The molecule has 0 saturated carbocycles. The van der Waals surface area contributed by atoms with E-state index >= 15 is 0 Å². The minimum absolute atomic E-state index is 0.279. The first-order chi connectivity index (χ1) is 22.8. The average molecular weight is 655 g/mol. The monoisotopic (exact) mass is 654 g/mol. The number of hydrogen-bond acceptors (Lipinski definition) is 6. The van der Waals surface area contributed by atoms with Gasteiger partial charge in [-0.15, -0.1) is 0 Å². The molecule has 6 aromatic rings. The number of carbonyl (C=O) groups is 3. The molecule has 6 nitrogen and oxygen atoms in total. The molecular formula is C40H30O6Ti. The molecule has 0 unspecified atom stereocenters. The zero-order chi connectivity index (χ0) is 32.5. The molecule has 47 heavy (non-hydrogen) atoms. The molecule has 0 amide bonds. The van der Waals surface area contributed by atoms with Crippen molar-refractivity contribution in [2.45, 2.75) is 20.3 Å². The normalized spacial score (nSPS) is 13.1. The third-order valence-corrected chi connectivity index (χ3v) is 12.9. The predicted octanol–water partition coefficient (Wildman–Crippen LogP) is 9.54. The maximum absolute atomic E-state index is 14.3. The van der Waals surface area contributed by atoms with Crippen LogP contribution in [0.15, 0.2) is 148 Å². The van der Waals surface area contributed by atoms with Crippen molar-refractivity contribution in [1.29, 1.82) is 0 Å². The summed E-state index contributed by atoms with van der Waals surface area (Å²) in [5.74, 6) is -2.20. The molecule has 0 atom stereocenters. The van der Waals surface area contributed by atoms with Crippen molar-refractivity contribution >= 4 is 50.2 Å². The summed E-state index contributed by atoms with van der Waals surface area (Å²) in [5, 5.41) is 4.54. The van der Waals surface area contributed by atoms with E-state index in [1.165, 1.54) is 0 Å². The van der Waals surface area contributed by atoms with Crippen molar-refractivity contribution in [3.63, 3.8) is 0 Å². The third-order valence-electron chi connectivity index (χ3n) is 8.74. The first-order valence-electron chi connectivity index (χ1n) is 15.4. The number of fused-ring (bicyclic) bond motifs is 3. The molecule has 0 heterocycles. The Morgan fingerprint density at radius 1 is 0.489 bits per heavy atom. The van der Waals surface area contributed by atoms with E-state index in [4.69, 9.17) is 9.96 Å². The molecule has 0 aliphatic heterocycles. The van der Waals surface area contributed by atoms with Gasteiger partial charge in [-0.1, -0.05) is 0 Å². The van der Waals surface area contributed by atoms with Crippen LogP contribution in [-0.2, 0) is 27.7 Å². The summed E-state index contributed by atoms with van der Waals surface area (Å²) >= 11 is -5.44. The van der Waals surface area contributed by atoms with Gasteiger partial charge in [0.15, 0.2) is 0 Å². The van der Waals surface area contributed by atoms with Gasteiger partial charge >= 0.3 is 278 Å². The Morgan fingerprint density at radius 3 is 1.17 bits per heavy atom. The molecule has 0 N–H and O–H groups in total. The Labute approximate surface area is 276 Å². The van der Waals surface area contributed by atoms with E-state index in [0.29, 0.717) is 26.5 Å². The fourth-order valence-electron chi connectivity index (χ4n) is 6.14. The first-order valence-corrected chi connectivity index (χ1v) is 18.0. The maximum atomic E-state index is 14.3. The van der Waals surface area contributed by atoms with Crippen LogP contribution in [0.4, 0.5) is 0 Å². The van der Waals surface area contributed by atoms with Crippen LogP contribution in [0.2, 0.25) is 0 Å². The molecule has 230 valence electrons. The molecule has 7 rings (SSSR count). The Balaban J connectivity index is 1.40. The topological polar surface area (TPSA) is 78.9 Å². The van der Waals surface area contributed by atoms with E-state index in [1.807, 2.05) is 111 Å². The Hall–Kier alpha value is -5.30. The second kappa shape index (κ2) is 12.5. The summed E-state index contributed by atoms with van der Waals surface area (Å²) in [6.45, 7) is 3.80. The van der Waals surface area contributed by atoms with Gasteiger partial charge in [0.25, 0.3) is 0 Å². The van der Waals surface area contributed by atoms with Crippen LogP contribution in [0.1, 0.15) is 51.3 Å². The number of carbonyl (C=O) groups excluding carboxylic acids is 3. The van der Waals surface area contributed by atoms with Gasteiger partial charge in [0, 0.05) is 0 Å². The van der Waals surface area contributed by atoms with Crippen LogP contribution in [0, 0.1) is 0 Å². The molecule has 0 aromatic heterocycles. The number of benzene rings is 6. The van der Waals surface area contributed by atoms with Crippen molar-refractivity contribution in [2.75, 3.05) is 0 Å². The van der Waals surface area contributed by atoms with Crippen LogP contribution in [0.3, 0.4) is 0 Å². The predicted molar refractivity (Wildman–Crippen MR) is 179 cm³/mol. The van der Waals surface area contributed by atoms with Crippen molar-refractivity contribution < 1.29 is 42.1 Å². The zero-order valence-electron chi connectivity index (χ0n) is 25.9. The molecule has 0 spiro atoms. The zero-order valence-corrected chi connectivity index (χ0v) is 27.4. The number of hydrogen-bond donors (Lipinski definition) is 0. The Kier molecular flexibility index (Phi) is 8.06. The Morgan fingerprint density at radius 2 is 0.830 bits per heavy atom. The van der Waals surface area contributed by atoms with Crippen LogP contribution in [-0.4, -0.2) is 17.9 Å². The number of rotatable bonds is 7. The summed E-state index contributed by atoms with van der Waals surface area (Å²) in [6.07, 6.45) is 2.28. The summed E-state index contributed by atoms with van der Waals surface area (Å²) < 4.78 is 19.8. The fourth-order valence-corrected chi connectivity index (χ4v) is 10.1. The van der Waals surface area contributed by atoms with E-state index in [0.717, 1.165) is 27.3 Å². The first kappa shape index (κ1) is 30.4. The quantitative estimate of drug-likeness (QED) is 0.160. The molecular weight excluding hydrogens is 624 g/mol. The van der Waals surface area contributed by atoms with Crippen molar-refractivity contribution in [2.24, 2.45) is 0 Å². The summed E-state index contributed by atoms with van der Waals surface area (Å²) in [7, 11) is 0. The Bertz CT molecular complexity index is 2060. The van der Waals surface area contributed by atoms with Crippen LogP contribution >= 0.6 is 0 Å². The SMILES string of the molecule is CC1=CC[C]([Ti]([O]C(=O)c2cccc3ccccc23)([O]C(=O)c2cccc3ccccc23)[O]C(=O)c2cccc3ccccc23)=C1C. The van der Waals surface area contributed by atoms with E-state index in [2.05, 4.69) is 0 Å². The van der Waals surface area contributed by atoms with Gasteiger partial charge in [-0.05, 0) is 0 Å². The second-order valence-corrected chi connectivity index (χ2v) is 15.1. The van der Waals surface area contributed by atoms with Gasteiger partial charge in [-0.25, -0.2) is 0 Å². The molecule has 7 heteroatoms. The van der Waals surface area contributed by atoms with E-state index in [1.54, 1.807) is 36.4 Å². The van der Waals surface area contributed by atoms with Crippen LogP contribution in [0.25, 0.3) is 32.3 Å². The van der Waals surface area contributed by atoms with Crippen LogP contribution < -0.4 is 0 Å². The molecule has 1 aliphatic rings. The fraction of sp³-hybridized carbons (Fsp3) is 0.0750. The molecule has 1 aliphatic carbocycles. The minimum atomic E-state index is -5.44. The number of allylic oxidation sites excluding steroid dienone is 4. The molecule has 0 saturated heterocycles. The van der Waals surface area contributed by atoms with Gasteiger partial charge in [-0.3, -0.25) is 0 Å². The standard InChI is InChI=1S/3C11H8O2.C7H9.Ti/c3*12-11(13)10-7-3-5-8-4-1-2-6-9(8)10;1-6-4-3-5-7(6)2;/h3*1-7H,(H,12,13);4H,3H2,1-2H3;/q;;;;+3/p-3. The molecule has 6 aromatic carbocycles. The van der Waals surface area contributed by atoms with E-state index < -0.39 is 35.7 Å². The van der Waals surface area contributed by atoms with Crippen LogP contribution in [0.5, 0.6) is 0 Å². The second-order valence-electron chi connectivity index (χ2n) is 11.5. The van der Waals surface area contributed by atoms with Gasteiger partial charge < -0.3 is 0 Å². The van der Waals surface area contributed by atoms with Gasteiger partial charge in [0.05, 0.1) is 0 Å². The molecule has 0 bridgehead atoms. The van der Waals surface area contributed by atoms with Crippen molar-refractivity contribution in [3.05, 3.63) is 165 Å². The summed E-state index contributed by atoms with van der Waals surface area (Å²) in [4.78, 5) is 42.8. The van der Waals surface area contributed by atoms with Crippen molar-refractivity contribution in [3.8, 4) is 0 Å². The van der Waals surface area contributed by atoms with Gasteiger partial charge in [-0.2, -0.15) is 0 Å². The summed E-state index contributed by atoms with van der Waals surface area (Å²) in [6, 6.07) is 38.4.